The molecular formula is C13H26N2. The van der Waals surface area contributed by atoms with Crippen LogP contribution in [0.4, 0.5) is 0 Å². The molecule has 2 rings (SSSR count). The van der Waals surface area contributed by atoms with Crippen LogP contribution in [-0.4, -0.2) is 36.6 Å². The minimum absolute atomic E-state index is 0.755. The summed E-state index contributed by atoms with van der Waals surface area (Å²) in [7, 11) is 0. The van der Waals surface area contributed by atoms with Crippen LogP contribution in [0.5, 0.6) is 0 Å². The Labute approximate surface area is 94.4 Å². The molecule has 1 heterocycles. The molecule has 0 radical (unpaired) electrons. The number of piperidine rings is 1. The summed E-state index contributed by atoms with van der Waals surface area (Å²) >= 11 is 0. The van der Waals surface area contributed by atoms with E-state index in [0.29, 0.717) is 0 Å². The van der Waals surface area contributed by atoms with Gasteiger partial charge in [0.15, 0.2) is 0 Å². The third-order valence-electron chi connectivity index (χ3n) is 4.14. The Hall–Kier alpha value is -0.0800. The van der Waals surface area contributed by atoms with Crippen LogP contribution >= 0.6 is 0 Å². The molecule has 0 spiro atoms. The summed E-state index contributed by atoms with van der Waals surface area (Å²) in [6.07, 6.45) is 7.15. The molecule has 0 aromatic carbocycles. The number of hydrogen-bond donors (Lipinski definition) is 1. The van der Waals surface area contributed by atoms with Crippen molar-refractivity contribution in [1.29, 1.82) is 0 Å². The fourth-order valence-electron chi connectivity index (χ4n) is 2.69. The predicted molar refractivity (Wildman–Crippen MR) is 65.1 cm³/mol. The smallest absolute Gasteiger partial charge is 0.0110 e. The molecule has 2 nitrogen and oxygen atoms in total. The molecule has 2 aliphatic rings. The summed E-state index contributed by atoms with van der Waals surface area (Å²) < 4.78 is 0. The summed E-state index contributed by atoms with van der Waals surface area (Å²) in [6.45, 7) is 8.47. The molecule has 1 saturated carbocycles. The summed E-state index contributed by atoms with van der Waals surface area (Å²) in [5.74, 6) is 0.990. The van der Waals surface area contributed by atoms with Crippen LogP contribution in [0.25, 0.3) is 0 Å². The van der Waals surface area contributed by atoms with E-state index in [-0.39, 0.29) is 0 Å². The van der Waals surface area contributed by atoms with Gasteiger partial charge in [0.2, 0.25) is 0 Å². The van der Waals surface area contributed by atoms with Crippen LogP contribution in [0.1, 0.15) is 46.0 Å². The van der Waals surface area contributed by atoms with Crippen LogP contribution in [0.2, 0.25) is 0 Å². The van der Waals surface area contributed by atoms with E-state index in [1.54, 1.807) is 0 Å². The molecule has 0 bridgehead atoms. The van der Waals surface area contributed by atoms with Gasteiger partial charge in [-0.2, -0.15) is 0 Å². The Morgan fingerprint density at radius 3 is 2.73 bits per heavy atom. The lowest BCUT2D eigenvalue weighted by atomic mass is 10.0. The van der Waals surface area contributed by atoms with Crippen molar-refractivity contribution in [2.24, 2.45) is 5.92 Å². The van der Waals surface area contributed by atoms with Gasteiger partial charge in [-0.25, -0.2) is 0 Å². The minimum Gasteiger partial charge on any atom is -0.313 e. The minimum atomic E-state index is 0.755. The number of nitrogens with one attached hydrogen (secondary N) is 1. The molecule has 1 aliphatic heterocycles. The average molecular weight is 210 g/mol. The lowest BCUT2D eigenvalue weighted by Crippen LogP contribution is -2.43. The molecule has 15 heavy (non-hydrogen) atoms. The van der Waals surface area contributed by atoms with E-state index in [0.717, 1.165) is 18.0 Å². The normalized spacial score (nSPS) is 30.4. The van der Waals surface area contributed by atoms with Gasteiger partial charge in [0, 0.05) is 25.2 Å². The van der Waals surface area contributed by atoms with Crippen molar-refractivity contribution in [3.05, 3.63) is 0 Å². The molecule has 2 fully saturated rings. The van der Waals surface area contributed by atoms with Gasteiger partial charge < -0.3 is 5.32 Å². The Morgan fingerprint density at radius 1 is 1.27 bits per heavy atom. The van der Waals surface area contributed by atoms with Crippen molar-refractivity contribution in [3.63, 3.8) is 0 Å². The second-order valence-corrected chi connectivity index (χ2v) is 5.46. The Balaban J connectivity index is 1.59. The number of likely N-dealkylation sites (tertiary alicyclic amines) is 1. The van der Waals surface area contributed by atoms with Gasteiger partial charge in [0.05, 0.1) is 0 Å². The highest BCUT2D eigenvalue weighted by Gasteiger charge is 2.27. The maximum absolute atomic E-state index is 3.67. The monoisotopic (exact) mass is 210 g/mol. The lowest BCUT2D eigenvalue weighted by Gasteiger charge is -2.33. The molecule has 2 unspecified atom stereocenters. The van der Waals surface area contributed by atoms with E-state index in [9.17, 15) is 0 Å². The molecule has 2 heteroatoms. The van der Waals surface area contributed by atoms with Crippen molar-refractivity contribution in [2.45, 2.75) is 58.0 Å². The van der Waals surface area contributed by atoms with Gasteiger partial charge >= 0.3 is 0 Å². The summed E-state index contributed by atoms with van der Waals surface area (Å²) in [4.78, 5) is 2.65. The van der Waals surface area contributed by atoms with Crippen LogP contribution < -0.4 is 5.32 Å². The second kappa shape index (κ2) is 5.31. The van der Waals surface area contributed by atoms with E-state index < -0.39 is 0 Å². The van der Waals surface area contributed by atoms with Gasteiger partial charge in [-0.05, 0) is 52.0 Å². The van der Waals surface area contributed by atoms with Gasteiger partial charge in [-0.3, -0.25) is 4.90 Å². The number of nitrogens with zero attached hydrogens (tertiary/aromatic N) is 1. The molecule has 0 aromatic heterocycles. The zero-order chi connectivity index (χ0) is 10.7. The third kappa shape index (κ3) is 3.46. The topological polar surface area (TPSA) is 15.3 Å². The molecule has 0 amide bonds. The van der Waals surface area contributed by atoms with Gasteiger partial charge in [-0.1, -0.05) is 6.42 Å². The van der Waals surface area contributed by atoms with Crippen LogP contribution in [0.3, 0.4) is 0 Å². The molecule has 1 aliphatic carbocycles. The van der Waals surface area contributed by atoms with E-state index in [1.807, 2.05) is 0 Å². The van der Waals surface area contributed by atoms with Crippen LogP contribution in [0, 0.1) is 5.92 Å². The van der Waals surface area contributed by atoms with E-state index >= 15 is 0 Å². The Bertz CT molecular complexity index is 189. The van der Waals surface area contributed by atoms with E-state index in [4.69, 9.17) is 0 Å². The molecule has 88 valence electrons. The third-order valence-corrected chi connectivity index (χ3v) is 4.14. The summed E-state index contributed by atoms with van der Waals surface area (Å²) in [6, 6.07) is 1.57. The van der Waals surface area contributed by atoms with E-state index in [2.05, 4.69) is 24.1 Å². The first kappa shape index (κ1) is 11.4. The zero-order valence-corrected chi connectivity index (χ0v) is 10.3. The van der Waals surface area contributed by atoms with Crippen LogP contribution in [-0.2, 0) is 0 Å². The quantitative estimate of drug-likeness (QED) is 0.749. The fraction of sp³-hybridized carbons (Fsp3) is 1.00. The van der Waals surface area contributed by atoms with Crippen molar-refractivity contribution >= 4 is 0 Å². The SMILES string of the molecule is CC(NCCN1CCCCC1C)C1CC1. The maximum Gasteiger partial charge on any atom is 0.0110 e. The second-order valence-electron chi connectivity index (χ2n) is 5.46. The summed E-state index contributed by atoms with van der Waals surface area (Å²) in [5, 5.41) is 3.67. The van der Waals surface area contributed by atoms with Crippen molar-refractivity contribution in [2.75, 3.05) is 19.6 Å². The Morgan fingerprint density at radius 2 is 2.07 bits per heavy atom. The van der Waals surface area contributed by atoms with Crippen molar-refractivity contribution in [1.82, 2.24) is 10.2 Å². The van der Waals surface area contributed by atoms with Gasteiger partial charge in [-0.15, -0.1) is 0 Å². The van der Waals surface area contributed by atoms with Crippen LogP contribution in [0.15, 0.2) is 0 Å². The highest BCUT2D eigenvalue weighted by Crippen LogP contribution is 2.32. The first-order valence-corrected chi connectivity index (χ1v) is 6.75. The van der Waals surface area contributed by atoms with Crippen molar-refractivity contribution in [3.8, 4) is 0 Å². The molecule has 1 N–H and O–H groups in total. The first-order chi connectivity index (χ1) is 7.27. The van der Waals surface area contributed by atoms with Gasteiger partial charge in [0.25, 0.3) is 0 Å². The van der Waals surface area contributed by atoms with Crippen molar-refractivity contribution < 1.29 is 0 Å². The highest BCUT2D eigenvalue weighted by molar-refractivity contribution is 4.83. The molecule has 0 aromatic rings. The standard InChI is InChI=1S/C13H26N2/c1-11-5-3-4-9-15(11)10-8-14-12(2)13-6-7-13/h11-14H,3-10H2,1-2H3. The van der Waals surface area contributed by atoms with Gasteiger partial charge in [0.1, 0.15) is 0 Å². The maximum atomic E-state index is 3.67. The Kier molecular flexibility index (Phi) is 4.04. The average Bonchev–Trinajstić information content (AvgIpc) is 3.04. The molecule has 1 saturated heterocycles. The molecule has 2 atom stereocenters. The zero-order valence-electron chi connectivity index (χ0n) is 10.3. The lowest BCUT2D eigenvalue weighted by molar-refractivity contribution is 0.160. The number of hydrogen-bond acceptors (Lipinski definition) is 2. The summed E-state index contributed by atoms with van der Waals surface area (Å²) in [5.41, 5.74) is 0. The molecular weight excluding hydrogens is 184 g/mol. The highest BCUT2D eigenvalue weighted by atomic mass is 15.2. The predicted octanol–water partition coefficient (Wildman–Crippen LogP) is 2.25. The number of rotatable bonds is 5. The van der Waals surface area contributed by atoms with E-state index in [1.165, 1.54) is 51.7 Å². The largest absolute Gasteiger partial charge is 0.313 e. The fourth-order valence-corrected chi connectivity index (χ4v) is 2.69. The first-order valence-electron chi connectivity index (χ1n) is 6.75.